The van der Waals surface area contributed by atoms with Gasteiger partial charge in [-0.1, -0.05) is 30.3 Å². The zero-order valence-electron chi connectivity index (χ0n) is 19.1. The number of fused-ring (bicyclic) bond motifs is 1. The maximum atomic E-state index is 12.9. The monoisotopic (exact) mass is 457 g/mol. The molecule has 0 spiro atoms. The number of aromatic nitrogens is 5. The Bertz CT molecular complexity index is 1320. The molecule has 1 aliphatic carbocycles. The highest BCUT2D eigenvalue weighted by Crippen LogP contribution is 2.32. The van der Waals surface area contributed by atoms with Crippen LogP contribution in [0.3, 0.4) is 0 Å². The van der Waals surface area contributed by atoms with Gasteiger partial charge in [0.25, 0.3) is 5.91 Å². The van der Waals surface area contributed by atoms with Gasteiger partial charge in [0.05, 0.1) is 18.9 Å². The van der Waals surface area contributed by atoms with E-state index in [9.17, 15) is 4.79 Å². The molecule has 1 amide bonds. The summed E-state index contributed by atoms with van der Waals surface area (Å²) < 4.78 is 9.08. The second kappa shape index (κ2) is 8.57. The summed E-state index contributed by atoms with van der Waals surface area (Å²) in [6, 6.07) is 15.9. The molecule has 1 saturated carbocycles. The highest BCUT2D eigenvalue weighted by atomic mass is 16.5. The van der Waals surface area contributed by atoms with E-state index in [4.69, 9.17) is 14.8 Å². The Kier molecular flexibility index (Phi) is 5.26. The summed E-state index contributed by atoms with van der Waals surface area (Å²) >= 11 is 0. The van der Waals surface area contributed by atoms with Crippen LogP contribution in [-0.4, -0.2) is 62.6 Å². The lowest BCUT2D eigenvalue weighted by atomic mass is 10.2. The number of benzene rings is 1. The molecule has 1 atom stereocenters. The number of hydrogen-bond donors (Lipinski definition) is 1. The van der Waals surface area contributed by atoms with Crippen LogP contribution >= 0.6 is 0 Å². The molecular formula is C25H27N7O2. The Morgan fingerprint density at radius 1 is 1.09 bits per heavy atom. The van der Waals surface area contributed by atoms with E-state index in [1.54, 1.807) is 15.3 Å². The number of morpholine rings is 1. The molecule has 34 heavy (non-hydrogen) atoms. The fourth-order valence-corrected chi connectivity index (χ4v) is 4.40. The second-order valence-corrected chi connectivity index (χ2v) is 8.98. The summed E-state index contributed by atoms with van der Waals surface area (Å²) in [5.74, 6) is 1.96. The van der Waals surface area contributed by atoms with E-state index < -0.39 is 0 Å². The van der Waals surface area contributed by atoms with E-state index in [0.29, 0.717) is 36.3 Å². The number of ether oxygens (including phenoxy) is 1. The lowest BCUT2D eigenvalue weighted by molar-refractivity contribution is 0.0930. The summed E-state index contributed by atoms with van der Waals surface area (Å²) in [5, 5.41) is 12.5. The van der Waals surface area contributed by atoms with Gasteiger partial charge in [0.1, 0.15) is 5.82 Å². The van der Waals surface area contributed by atoms with Gasteiger partial charge in [-0.2, -0.15) is 14.7 Å². The summed E-state index contributed by atoms with van der Waals surface area (Å²) in [7, 11) is 0. The zero-order chi connectivity index (χ0) is 23.1. The fourth-order valence-electron chi connectivity index (χ4n) is 4.40. The van der Waals surface area contributed by atoms with Gasteiger partial charge in [-0.3, -0.25) is 4.79 Å². The van der Waals surface area contributed by atoms with Crippen LogP contribution in [0.15, 0.2) is 54.7 Å². The Balaban J connectivity index is 1.39. The molecule has 1 unspecified atom stereocenters. The average Bonchev–Trinajstić information content (AvgIpc) is 3.45. The average molecular weight is 458 g/mol. The minimum Gasteiger partial charge on any atom is -0.378 e. The van der Waals surface area contributed by atoms with Gasteiger partial charge in [-0.05, 0) is 31.7 Å². The Morgan fingerprint density at radius 3 is 2.65 bits per heavy atom. The standard InChI is InChI=1S/C25H27N7O2/c1-17(18-7-8-18)26-25(33)21-15-23-27-22(16-24(32(23)29-21)30-11-13-34-14-12-30)31-10-9-20(28-31)19-5-3-2-4-6-19/h2-6,9-10,15-18H,7-8,11-14H2,1H3,(H,26,33). The Morgan fingerprint density at radius 2 is 1.88 bits per heavy atom. The summed E-state index contributed by atoms with van der Waals surface area (Å²) in [5.41, 5.74) is 2.90. The number of anilines is 1. The molecular weight excluding hydrogens is 430 g/mol. The molecule has 0 radical (unpaired) electrons. The quantitative estimate of drug-likeness (QED) is 0.479. The van der Waals surface area contributed by atoms with Crippen LogP contribution in [0.2, 0.25) is 0 Å². The van der Waals surface area contributed by atoms with Crippen molar-refractivity contribution in [2.75, 3.05) is 31.2 Å². The Hall–Kier alpha value is -3.72. The van der Waals surface area contributed by atoms with Crippen LogP contribution < -0.4 is 10.2 Å². The van der Waals surface area contributed by atoms with Gasteiger partial charge in [0, 0.05) is 43.0 Å². The molecule has 9 nitrogen and oxygen atoms in total. The van der Waals surface area contributed by atoms with E-state index in [1.165, 1.54) is 12.8 Å². The summed E-state index contributed by atoms with van der Waals surface area (Å²) in [6.07, 6.45) is 4.26. The molecule has 3 aromatic heterocycles. The van der Waals surface area contributed by atoms with Crippen LogP contribution in [0.4, 0.5) is 5.82 Å². The molecule has 4 aromatic rings. The van der Waals surface area contributed by atoms with Crippen LogP contribution in [0.1, 0.15) is 30.3 Å². The number of nitrogens with zero attached hydrogens (tertiary/aromatic N) is 6. The first-order chi connectivity index (χ1) is 16.7. The third-order valence-corrected chi connectivity index (χ3v) is 6.54. The third-order valence-electron chi connectivity index (χ3n) is 6.54. The number of amides is 1. The fraction of sp³-hybridized carbons (Fsp3) is 0.360. The molecule has 4 heterocycles. The van der Waals surface area contributed by atoms with Crippen molar-refractivity contribution in [1.29, 1.82) is 0 Å². The topological polar surface area (TPSA) is 89.6 Å². The van der Waals surface area contributed by atoms with Crippen molar-refractivity contribution in [2.24, 2.45) is 5.92 Å². The van der Waals surface area contributed by atoms with E-state index >= 15 is 0 Å². The lowest BCUT2D eigenvalue weighted by Crippen LogP contribution is -2.37. The van der Waals surface area contributed by atoms with Gasteiger partial charge >= 0.3 is 0 Å². The molecule has 9 heteroatoms. The van der Waals surface area contributed by atoms with Crippen molar-refractivity contribution in [3.8, 4) is 17.1 Å². The number of nitrogens with one attached hydrogen (secondary N) is 1. The van der Waals surface area contributed by atoms with Gasteiger partial charge < -0.3 is 15.0 Å². The molecule has 6 rings (SSSR count). The van der Waals surface area contributed by atoms with Crippen molar-refractivity contribution >= 4 is 17.4 Å². The minimum atomic E-state index is -0.162. The predicted molar refractivity (Wildman–Crippen MR) is 128 cm³/mol. The van der Waals surface area contributed by atoms with Crippen molar-refractivity contribution < 1.29 is 9.53 Å². The number of carbonyl (C=O) groups is 1. The first kappa shape index (κ1) is 20.9. The van der Waals surface area contributed by atoms with Crippen LogP contribution in [-0.2, 0) is 4.74 Å². The predicted octanol–water partition coefficient (Wildman–Crippen LogP) is 2.95. The SMILES string of the molecule is CC(NC(=O)c1cc2nc(-n3ccc(-c4ccccc4)n3)cc(N3CCOCC3)n2n1)C1CC1. The maximum absolute atomic E-state index is 12.9. The highest BCUT2D eigenvalue weighted by molar-refractivity contribution is 5.93. The first-order valence-corrected chi connectivity index (χ1v) is 11.8. The minimum absolute atomic E-state index is 0.153. The highest BCUT2D eigenvalue weighted by Gasteiger charge is 2.30. The van der Waals surface area contributed by atoms with Crippen LogP contribution in [0.25, 0.3) is 22.7 Å². The van der Waals surface area contributed by atoms with Gasteiger partial charge in [0.2, 0.25) is 0 Å². The maximum Gasteiger partial charge on any atom is 0.272 e. The molecule has 1 N–H and O–H groups in total. The number of rotatable bonds is 6. The van der Waals surface area contributed by atoms with Gasteiger partial charge in [-0.15, -0.1) is 0 Å². The van der Waals surface area contributed by atoms with Crippen molar-refractivity contribution in [3.63, 3.8) is 0 Å². The molecule has 1 aromatic carbocycles. The zero-order valence-corrected chi connectivity index (χ0v) is 19.1. The van der Waals surface area contributed by atoms with Crippen LogP contribution in [0.5, 0.6) is 0 Å². The molecule has 0 bridgehead atoms. The third kappa shape index (κ3) is 4.03. The normalized spacial score (nSPS) is 17.1. The molecule has 1 aliphatic heterocycles. The molecule has 2 aliphatic rings. The van der Waals surface area contributed by atoms with Gasteiger partial charge in [-0.25, -0.2) is 9.67 Å². The first-order valence-electron chi connectivity index (χ1n) is 11.8. The largest absolute Gasteiger partial charge is 0.378 e. The van der Waals surface area contributed by atoms with E-state index in [-0.39, 0.29) is 11.9 Å². The van der Waals surface area contributed by atoms with Crippen molar-refractivity contribution in [2.45, 2.75) is 25.8 Å². The number of carbonyl (C=O) groups excluding carboxylic acids is 1. The van der Waals surface area contributed by atoms with E-state index in [1.807, 2.05) is 48.7 Å². The molecule has 1 saturated heterocycles. The summed E-state index contributed by atoms with van der Waals surface area (Å²) in [6.45, 7) is 4.84. The summed E-state index contributed by atoms with van der Waals surface area (Å²) in [4.78, 5) is 19.9. The number of hydrogen-bond acceptors (Lipinski definition) is 6. The molecule has 174 valence electrons. The van der Waals surface area contributed by atoms with Crippen molar-refractivity contribution in [1.82, 2.24) is 29.7 Å². The molecule has 2 fully saturated rings. The second-order valence-electron chi connectivity index (χ2n) is 8.98. The van der Waals surface area contributed by atoms with Crippen LogP contribution in [0, 0.1) is 5.92 Å². The lowest BCUT2D eigenvalue weighted by Gasteiger charge is -2.29. The smallest absolute Gasteiger partial charge is 0.272 e. The van der Waals surface area contributed by atoms with E-state index in [2.05, 4.69) is 22.2 Å². The van der Waals surface area contributed by atoms with E-state index in [0.717, 1.165) is 30.2 Å². The Labute approximate surface area is 197 Å². The van der Waals surface area contributed by atoms with Gasteiger partial charge in [0.15, 0.2) is 17.2 Å². The van der Waals surface area contributed by atoms with Crippen molar-refractivity contribution in [3.05, 3.63) is 60.4 Å².